The van der Waals surface area contributed by atoms with Crippen LogP contribution in [-0.2, 0) is 10.3 Å². The van der Waals surface area contributed by atoms with Crippen LogP contribution in [0.5, 0.6) is 0 Å². The molecule has 1 spiro atoms. The van der Waals surface area contributed by atoms with E-state index in [1.807, 2.05) is 31.2 Å². The van der Waals surface area contributed by atoms with Crippen LogP contribution in [0.25, 0.3) is 0 Å². The van der Waals surface area contributed by atoms with Crippen LogP contribution < -0.4 is 5.32 Å². The number of fused-ring (bicyclic) bond motifs is 4. The molecule has 4 heterocycles. The highest BCUT2D eigenvalue weighted by atomic mass is 32.2. The van der Waals surface area contributed by atoms with Crippen molar-refractivity contribution in [3.05, 3.63) is 99.4 Å². The molecule has 1 N–H and O–H groups in total. The van der Waals surface area contributed by atoms with Crippen LogP contribution in [0.15, 0.2) is 66.9 Å². The molecule has 3 aromatic rings. The van der Waals surface area contributed by atoms with E-state index in [0.717, 1.165) is 16.9 Å². The van der Waals surface area contributed by atoms with Crippen molar-refractivity contribution in [2.45, 2.75) is 24.4 Å². The van der Waals surface area contributed by atoms with E-state index in [9.17, 15) is 19.7 Å². The lowest BCUT2D eigenvalue weighted by atomic mass is 9.70. The van der Waals surface area contributed by atoms with Gasteiger partial charge in [-0.2, -0.15) is 0 Å². The van der Waals surface area contributed by atoms with E-state index >= 15 is 0 Å². The zero-order valence-corrected chi connectivity index (χ0v) is 19.7. The van der Waals surface area contributed by atoms with Crippen LogP contribution in [-0.4, -0.2) is 44.2 Å². The fraction of sp³-hybridized carbons (Fsp3) is 0.269. The number of Topliss-reactive ketones (excluding diaryl/α,β-unsaturated/α-hetero) is 1. The summed E-state index contributed by atoms with van der Waals surface area (Å²) in [4.78, 5) is 45.9. The number of rotatable bonds is 4. The summed E-state index contributed by atoms with van der Waals surface area (Å²) in [6.07, 6.45) is 1.57. The van der Waals surface area contributed by atoms with Crippen LogP contribution in [0.3, 0.4) is 0 Å². The van der Waals surface area contributed by atoms with Gasteiger partial charge in [-0.3, -0.25) is 29.6 Å². The highest BCUT2D eigenvalue weighted by Gasteiger charge is 2.69. The average Bonchev–Trinajstić information content (AvgIpc) is 3.52. The van der Waals surface area contributed by atoms with Gasteiger partial charge < -0.3 is 5.32 Å². The number of aromatic nitrogens is 1. The number of hydrogen-bond donors (Lipinski definition) is 1. The summed E-state index contributed by atoms with van der Waals surface area (Å²) in [5.74, 6) is -0.373. The SMILES string of the molecule is Cc1ccc2c(c1)[C@]1(C(=O)N2)[C@H](C(=O)c2ccccn2)[C@H](c2cccc([N+](=O)[O-])c2)[C@@H]2CSCN21. The standard InChI is InChI=1S/C26H22N4O4S/c1-15-8-9-19-18(11-15)26(25(32)28-19)23(24(31)20-7-2-3-10-27-20)22(21-13-35-14-29(21)26)16-5-4-6-17(12-16)30(33)34/h2-12,21-23H,13-14H2,1H3,(H,28,32)/t21-,22+,23-,26+/m0/s1. The van der Waals surface area contributed by atoms with E-state index in [-0.39, 0.29) is 29.1 Å². The minimum Gasteiger partial charge on any atom is -0.324 e. The molecule has 0 bridgehead atoms. The van der Waals surface area contributed by atoms with Crippen LogP contribution in [0.4, 0.5) is 11.4 Å². The number of amides is 1. The first-order chi connectivity index (χ1) is 16.9. The van der Waals surface area contributed by atoms with Gasteiger partial charge >= 0.3 is 0 Å². The number of aryl methyl sites for hydroxylation is 1. The molecule has 35 heavy (non-hydrogen) atoms. The Hall–Kier alpha value is -3.56. The number of hydrogen-bond acceptors (Lipinski definition) is 7. The Labute approximate surface area is 205 Å². The molecule has 0 radical (unpaired) electrons. The molecule has 2 aromatic carbocycles. The quantitative estimate of drug-likeness (QED) is 0.336. The lowest BCUT2D eigenvalue weighted by Gasteiger charge is -2.36. The number of pyridine rings is 1. The van der Waals surface area contributed by atoms with Crippen LogP contribution in [0.1, 0.15) is 33.1 Å². The second kappa shape index (κ2) is 8.00. The summed E-state index contributed by atoms with van der Waals surface area (Å²) < 4.78 is 0. The molecule has 2 fully saturated rings. The van der Waals surface area contributed by atoms with Crippen molar-refractivity contribution in [1.82, 2.24) is 9.88 Å². The zero-order chi connectivity index (χ0) is 24.3. The van der Waals surface area contributed by atoms with Crippen LogP contribution >= 0.6 is 11.8 Å². The average molecular weight is 487 g/mol. The molecular weight excluding hydrogens is 464 g/mol. The minimum absolute atomic E-state index is 0.0307. The number of thioether (sulfide) groups is 1. The summed E-state index contributed by atoms with van der Waals surface area (Å²) in [5.41, 5.74) is 2.21. The largest absolute Gasteiger partial charge is 0.324 e. The van der Waals surface area contributed by atoms with E-state index in [4.69, 9.17) is 0 Å². The number of benzene rings is 2. The summed E-state index contributed by atoms with van der Waals surface area (Å²) in [7, 11) is 0. The van der Waals surface area contributed by atoms with E-state index in [1.165, 1.54) is 6.07 Å². The highest BCUT2D eigenvalue weighted by Crippen LogP contribution is 2.61. The first kappa shape index (κ1) is 21.9. The third-order valence-corrected chi connectivity index (χ3v) is 8.48. The number of nitro benzene ring substituents is 1. The third-order valence-electron chi connectivity index (χ3n) is 7.44. The second-order valence-corrected chi connectivity index (χ2v) is 10.2. The number of nitrogens with zero attached hydrogens (tertiary/aromatic N) is 3. The van der Waals surface area contributed by atoms with Crippen molar-refractivity contribution < 1.29 is 14.5 Å². The zero-order valence-electron chi connectivity index (χ0n) is 18.9. The first-order valence-corrected chi connectivity index (χ1v) is 12.5. The van der Waals surface area contributed by atoms with E-state index in [2.05, 4.69) is 15.2 Å². The van der Waals surface area contributed by atoms with E-state index < -0.39 is 22.3 Å². The van der Waals surface area contributed by atoms with E-state index in [0.29, 0.717) is 17.1 Å². The molecule has 2 saturated heterocycles. The predicted molar refractivity (Wildman–Crippen MR) is 132 cm³/mol. The molecule has 6 rings (SSSR count). The van der Waals surface area contributed by atoms with Crippen molar-refractivity contribution >= 4 is 34.8 Å². The van der Waals surface area contributed by atoms with E-state index in [1.54, 1.807) is 48.3 Å². The summed E-state index contributed by atoms with van der Waals surface area (Å²) >= 11 is 1.71. The first-order valence-electron chi connectivity index (χ1n) is 11.4. The van der Waals surface area contributed by atoms with Gasteiger partial charge in [0.1, 0.15) is 11.2 Å². The summed E-state index contributed by atoms with van der Waals surface area (Å²) in [6.45, 7) is 1.97. The van der Waals surface area contributed by atoms with Crippen LogP contribution in [0.2, 0.25) is 0 Å². The van der Waals surface area contributed by atoms with Crippen LogP contribution in [0, 0.1) is 23.0 Å². The maximum Gasteiger partial charge on any atom is 0.269 e. The molecule has 8 nitrogen and oxygen atoms in total. The van der Waals surface area contributed by atoms with Gasteiger partial charge in [0, 0.05) is 53.2 Å². The molecule has 1 aromatic heterocycles. The van der Waals surface area contributed by atoms with Gasteiger partial charge in [0.2, 0.25) is 5.91 Å². The molecule has 0 unspecified atom stereocenters. The molecule has 3 aliphatic heterocycles. The Morgan fingerprint density at radius 2 is 2.06 bits per heavy atom. The van der Waals surface area contributed by atoms with Gasteiger partial charge in [0.05, 0.1) is 10.8 Å². The monoisotopic (exact) mass is 486 g/mol. The molecule has 0 saturated carbocycles. The van der Waals surface area contributed by atoms with Crippen molar-refractivity contribution in [3.63, 3.8) is 0 Å². The van der Waals surface area contributed by atoms with Gasteiger partial charge in [-0.15, -0.1) is 11.8 Å². The normalized spacial score (nSPS) is 27.0. The summed E-state index contributed by atoms with van der Waals surface area (Å²) in [6, 6.07) is 17.3. The van der Waals surface area contributed by atoms with Gasteiger partial charge in [-0.1, -0.05) is 35.9 Å². The molecule has 3 aliphatic rings. The lowest BCUT2D eigenvalue weighted by molar-refractivity contribution is -0.384. The number of anilines is 1. The molecule has 9 heteroatoms. The maximum atomic E-state index is 14.3. The van der Waals surface area contributed by atoms with Crippen molar-refractivity contribution in [2.75, 3.05) is 16.9 Å². The predicted octanol–water partition coefficient (Wildman–Crippen LogP) is 4.12. The Morgan fingerprint density at radius 1 is 1.20 bits per heavy atom. The number of carbonyl (C=O) groups excluding carboxylic acids is 2. The van der Waals surface area contributed by atoms with Gasteiger partial charge in [0.15, 0.2) is 5.78 Å². The number of carbonyl (C=O) groups is 2. The van der Waals surface area contributed by atoms with Crippen molar-refractivity contribution in [2.24, 2.45) is 5.92 Å². The Morgan fingerprint density at radius 3 is 2.83 bits per heavy atom. The Bertz CT molecular complexity index is 1380. The Kier molecular flexibility index (Phi) is 5.01. The maximum absolute atomic E-state index is 14.3. The molecule has 0 aliphatic carbocycles. The minimum atomic E-state index is -1.22. The molecule has 176 valence electrons. The number of nitro groups is 1. The second-order valence-electron chi connectivity index (χ2n) is 9.24. The fourth-order valence-corrected chi connectivity index (χ4v) is 7.40. The number of ketones is 1. The van der Waals surface area contributed by atoms with Gasteiger partial charge in [-0.05, 0) is 30.7 Å². The van der Waals surface area contributed by atoms with Gasteiger partial charge in [0.25, 0.3) is 5.69 Å². The van der Waals surface area contributed by atoms with Gasteiger partial charge in [-0.25, -0.2) is 0 Å². The Balaban J connectivity index is 1.63. The number of non-ortho nitro benzene ring substituents is 1. The fourth-order valence-electron chi connectivity index (χ4n) is 6.08. The smallest absolute Gasteiger partial charge is 0.269 e. The summed E-state index contributed by atoms with van der Waals surface area (Å²) in [5, 5.41) is 14.6. The molecule has 4 atom stereocenters. The molecular formula is C26H22N4O4S. The molecule has 1 amide bonds. The third kappa shape index (κ3) is 3.08. The lowest BCUT2D eigenvalue weighted by Crippen LogP contribution is -2.52. The number of nitrogens with one attached hydrogen (secondary N) is 1. The topological polar surface area (TPSA) is 105 Å². The highest BCUT2D eigenvalue weighted by molar-refractivity contribution is 7.99. The van der Waals surface area contributed by atoms with Crippen molar-refractivity contribution in [3.8, 4) is 0 Å². The van der Waals surface area contributed by atoms with Crippen molar-refractivity contribution in [1.29, 1.82) is 0 Å².